The van der Waals surface area contributed by atoms with Gasteiger partial charge in [0.25, 0.3) is 0 Å². The molecule has 2 nitrogen and oxygen atoms in total. The zero-order chi connectivity index (χ0) is 6.41. The van der Waals surface area contributed by atoms with Crippen molar-refractivity contribution >= 4 is 0 Å². The molecule has 0 unspecified atom stereocenters. The van der Waals surface area contributed by atoms with Gasteiger partial charge in [-0.3, -0.25) is 0 Å². The molecule has 2 N–H and O–H groups in total. The third-order valence-electron chi connectivity index (χ3n) is 0.767. The van der Waals surface area contributed by atoms with Crippen molar-refractivity contribution in [1.82, 2.24) is 0 Å². The first-order valence-corrected chi connectivity index (χ1v) is 2.40. The van der Waals surface area contributed by atoms with Crippen molar-refractivity contribution in [3.8, 4) is 0 Å². The molecule has 8 heavy (non-hydrogen) atoms. The molecule has 0 saturated carbocycles. The Hall–Kier alpha value is -0.760. The first-order valence-electron chi connectivity index (χ1n) is 2.40. The van der Waals surface area contributed by atoms with Crippen molar-refractivity contribution in [2.45, 2.75) is 0 Å². The maximum absolute atomic E-state index is 5.23. The van der Waals surface area contributed by atoms with Crippen molar-refractivity contribution in [2.24, 2.45) is 5.73 Å². The fraction of sp³-hybridized carbons (Fsp3) is 0.333. The van der Waals surface area contributed by atoms with E-state index >= 15 is 0 Å². The molecule has 0 aromatic rings. The van der Waals surface area contributed by atoms with Crippen molar-refractivity contribution in [1.29, 1.82) is 0 Å². The number of methoxy groups -OCH3 is 1. The molecule has 0 atom stereocenters. The van der Waals surface area contributed by atoms with Gasteiger partial charge in [-0.25, -0.2) is 0 Å². The van der Waals surface area contributed by atoms with Gasteiger partial charge in [0.1, 0.15) is 5.76 Å². The lowest BCUT2D eigenvalue weighted by molar-refractivity contribution is 0.287. The Balaban J connectivity index is 3.66. The number of hydrogen-bond acceptors (Lipinski definition) is 2. The predicted molar refractivity (Wildman–Crippen MR) is 34.3 cm³/mol. The van der Waals surface area contributed by atoms with Crippen molar-refractivity contribution in [2.75, 3.05) is 13.7 Å². The third kappa shape index (κ3) is 2.42. The Kier molecular flexibility index (Phi) is 3.98. The number of nitrogens with two attached hydrogens (primary N) is 1. The third-order valence-corrected chi connectivity index (χ3v) is 0.767. The smallest absolute Gasteiger partial charge is 0.109 e. The van der Waals surface area contributed by atoms with Crippen LogP contribution >= 0.6 is 0 Å². The Morgan fingerprint density at radius 2 is 2.50 bits per heavy atom. The van der Waals surface area contributed by atoms with E-state index in [-0.39, 0.29) is 0 Å². The number of hydrogen-bond donors (Lipinski definition) is 1. The summed E-state index contributed by atoms with van der Waals surface area (Å²) in [6.07, 6.45) is 3.38. The average Bonchev–Trinajstić information content (AvgIpc) is 1.83. The summed E-state index contributed by atoms with van der Waals surface area (Å²) >= 11 is 0. The Bertz CT molecular complexity index is 90.7. The summed E-state index contributed by atoms with van der Waals surface area (Å²) in [5.74, 6) is 0.750. The van der Waals surface area contributed by atoms with Crippen molar-refractivity contribution < 1.29 is 4.74 Å². The highest BCUT2D eigenvalue weighted by Gasteiger charge is 1.84. The number of rotatable bonds is 3. The van der Waals surface area contributed by atoms with Crippen LogP contribution in [0.15, 0.2) is 24.5 Å². The molecule has 0 bridgehead atoms. The van der Waals surface area contributed by atoms with Crippen LogP contribution in [-0.2, 0) is 4.74 Å². The van der Waals surface area contributed by atoms with Crippen LogP contribution in [0.25, 0.3) is 0 Å². The molecule has 0 fully saturated rings. The number of ether oxygens (including phenoxy) is 1. The molecular formula is C6H11NO. The highest BCUT2D eigenvalue weighted by molar-refractivity contribution is 5.04. The van der Waals surface area contributed by atoms with Crippen LogP contribution in [0.4, 0.5) is 0 Å². The van der Waals surface area contributed by atoms with Crippen LogP contribution in [0.1, 0.15) is 0 Å². The van der Waals surface area contributed by atoms with Gasteiger partial charge in [-0.2, -0.15) is 0 Å². The lowest BCUT2D eigenvalue weighted by Gasteiger charge is -1.98. The Labute approximate surface area is 49.6 Å². The standard InChI is InChI=1S/C6H11NO/c1-3-4-6(5-7)8-2/h3-4H,1,5,7H2,2H3/b6-4-. The fourth-order valence-electron chi connectivity index (χ4n) is 0.351. The molecule has 0 radical (unpaired) electrons. The maximum Gasteiger partial charge on any atom is 0.109 e. The van der Waals surface area contributed by atoms with Crippen LogP contribution in [-0.4, -0.2) is 13.7 Å². The van der Waals surface area contributed by atoms with E-state index in [0.29, 0.717) is 6.54 Å². The summed E-state index contributed by atoms with van der Waals surface area (Å²) < 4.78 is 4.80. The molecule has 0 spiro atoms. The van der Waals surface area contributed by atoms with Gasteiger partial charge in [-0.15, -0.1) is 0 Å². The molecule has 0 saturated heterocycles. The van der Waals surface area contributed by atoms with Crippen LogP contribution in [0, 0.1) is 0 Å². The van der Waals surface area contributed by atoms with E-state index < -0.39 is 0 Å². The van der Waals surface area contributed by atoms with Gasteiger partial charge in [0.2, 0.25) is 0 Å². The van der Waals surface area contributed by atoms with E-state index in [9.17, 15) is 0 Å². The lowest BCUT2D eigenvalue weighted by Crippen LogP contribution is -2.03. The second-order valence-electron chi connectivity index (χ2n) is 1.28. The van der Waals surface area contributed by atoms with Crippen LogP contribution in [0.5, 0.6) is 0 Å². The molecule has 46 valence electrons. The molecule has 0 rings (SSSR count). The van der Waals surface area contributed by atoms with E-state index in [1.54, 1.807) is 19.3 Å². The molecule has 0 aromatic carbocycles. The van der Waals surface area contributed by atoms with Crippen molar-refractivity contribution in [3.05, 3.63) is 24.5 Å². The summed E-state index contributed by atoms with van der Waals surface area (Å²) in [4.78, 5) is 0. The van der Waals surface area contributed by atoms with E-state index in [0.717, 1.165) is 5.76 Å². The van der Waals surface area contributed by atoms with Crippen LogP contribution < -0.4 is 5.73 Å². The lowest BCUT2D eigenvalue weighted by atomic mass is 10.4. The largest absolute Gasteiger partial charge is 0.500 e. The highest BCUT2D eigenvalue weighted by atomic mass is 16.5. The van der Waals surface area contributed by atoms with Gasteiger partial charge in [0.15, 0.2) is 0 Å². The molecule has 0 aromatic heterocycles. The zero-order valence-corrected chi connectivity index (χ0v) is 5.05. The zero-order valence-electron chi connectivity index (χ0n) is 5.05. The topological polar surface area (TPSA) is 35.2 Å². The van der Waals surface area contributed by atoms with Crippen molar-refractivity contribution in [3.63, 3.8) is 0 Å². The van der Waals surface area contributed by atoms with E-state index in [4.69, 9.17) is 10.5 Å². The Morgan fingerprint density at radius 3 is 2.62 bits per heavy atom. The van der Waals surface area contributed by atoms with Gasteiger partial charge >= 0.3 is 0 Å². The number of allylic oxidation sites excluding steroid dienone is 2. The SMILES string of the molecule is C=C/C=C(/CN)OC. The minimum Gasteiger partial charge on any atom is -0.500 e. The predicted octanol–water partition coefficient (Wildman–Crippen LogP) is 0.661. The molecule has 0 aliphatic heterocycles. The summed E-state index contributed by atoms with van der Waals surface area (Å²) in [5, 5.41) is 0. The molecule has 0 aliphatic rings. The first kappa shape index (κ1) is 7.24. The highest BCUT2D eigenvalue weighted by Crippen LogP contribution is 1.89. The van der Waals surface area contributed by atoms with Crippen LogP contribution in [0.3, 0.4) is 0 Å². The summed E-state index contributed by atoms with van der Waals surface area (Å²) in [5.41, 5.74) is 5.23. The minimum atomic E-state index is 0.433. The fourth-order valence-corrected chi connectivity index (χ4v) is 0.351. The maximum atomic E-state index is 5.23. The normalized spacial score (nSPS) is 11.0. The second-order valence-corrected chi connectivity index (χ2v) is 1.28. The van der Waals surface area contributed by atoms with Crippen LogP contribution in [0.2, 0.25) is 0 Å². The Morgan fingerprint density at radius 1 is 1.88 bits per heavy atom. The monoisotopic (exact) mass is 113 g/mol. The molecule has 0 amide bonds. The molecule has 0 aliphatic carbocycles. The van der Waals surface area contributed by atoms with Gasteiger partial charge in [0, 0.05) is 0 Å². The average molecular weight is 113 g/mol. The van der Waals surface area contributed by atoms with E-state index in [1.807, 2.05) is 0 Å². The van der Waals surface area contributed by atoms with E-state index in [1.165, 1.54) is 0 Å². The summed E-state index contributed by atoms with van der Waals surface area (Å²) in [6, 6.07) is 0. The molecular weight excluding hydrogens is 102 g/mol. The van der Waals surface area contributed by atoms with Gasteiger partial charge in [-0.05, 0) is 6.08 Å². The summed E-state index contributed by atoms with van der Waals surface area (Å²) in [6.45, 7) is 3.92. The summed E-state index contributed by atoms with van der Waals surface area (Å²) in [7, 11) is 1.59. The van der Waals surface area contributed by atoms with Gasteiger partial charge in [0.05, 0.1) is 13.7 Å². The molecule has 0 heterocycles. The molecule has 2 heteroatoms. The van der Waals surface area contributed by atoms with E-state index in [2.05, 4.69) is 6.58 Å². The first-order chi connectivity index (χ1) is 3.85. The van der Waals surface area contributed by atoms with Gasteiger partial charge in [-0.1, -0.05) is 12.7 Å². The van der Waals surface area contributed by atoms with Gasteiger partial charge < -0.3 is 10.5 Å². The minimum absolute atomic E-state index is 0.433. The second kappa shape index (κ2) is 4.40. The quantitative estimate of drug-likeness (QED) is 0.431.